The average molecular weight is 499 g/mol. The van der Waals surface area contributed by atoms with Crippen molar-refractivity contribution in [3.05, 3.63) is 64.3 Å². The Kier molecular flexibility index (Phi) is 6.39. The third kappa shape index (κ3) is 4.39. The molecule has 3 heterocycles. The average Bonchev–Trinajstić information content (AvgIpc) is 2.78. The summed E-state index contributed by atoms with van der Waals surface area (Å²) in [5, 5.41) is 19.3. The largest absolute Gasteiger partial charge is 0.493 e. The number of nitrogens with two attached hydrogens (primary N) is 1. The minimum Gasteiger partial charge on any atom is -0.493 e. The normalized spacial score (nSPS) is 11.3. The number of hydrogen-bond acceptors (Lipinski definition) is 8. The molecular formula is C23H19F2N5O4S. The summed E-state index contributed by atoms with van der Waals surface area (Å²) in [4.78, 5) is 36.8. The van der Waals surface area contributed by atoms with Crippen molar-refractivity contribution < 1.29 is 23.8 Å². The van der Waals surface area contributed by atoms with Crippen LogP contribution in [0.4, 0.5) is 14.5 Å². The number of thioether (sulfide) groups is 1. The lowest BCUT2D eigenvalue weighted by atomic mass is 10.1. The van der Waals surface area contributed by atoms with Crippen LogP contribution in [-0.2, 0) is 4.79 Å². The molecule has 0 unspecified atom stereocenters. The van der Waals surface area contributed by atoms with E-state index < -0.39 is 34.9 Å². The fraction of sp³-hybridized carbons (Fsp3) is 0.174. The second kappa shape index (κ2) is 9.29. The number of carboxylic acids is 1. The molecule has 4 aromatic rings. The van der Waals surface area contributed by atoms with E-state index in [1.54, 1.807) is 0 Å². The molecule has 180 valence electrons. The molecule has 0 radical (unpaired) electrons. The van der Waals surface area contributed by atoms with Crippen LogP contribution >= 0.6 is 11.8 Å². The number of carbonyl (C=O) groups is 1. The number of pyridine rings is 2. The number of hydrogen-bond donors (Lipinski definition) is 3. The van der Waals surface area contributed by atoms with Crippen LogP contribution in [0.25, 0.3) is 28.0 Å². The van der Waals surface area contributed by atoms with Crippen molar-refractivity contribution in [1.82, 2.24) is 19.5 Å². The van der Waals surface area contributed by atoms with Gasteiger partial charge in [0.25, 0.3) is 0 Å². The molecule has 9 nitrogen and oxygen atoms in total. The van der Waals surface area contributed by atoms with E-state index >= 15 is 4.39 Å². The molecule has 0 amide bonds. The van der Waals surface area contributed by atoms with E-state index in [4.69, 9.17) is 5.73 Å². The lowest BCUT2D eigenvalue weighted by Crippen LogP contribution is -2.25. The van der Waals surface area contributed by atoms with Crippen molar-refractivity contribution in [2.75, 3.05) is 11.5 Å². The second-order valence-corrected chi connectivity index (χ2v) is 8.84. The number of carboxylic acid groups (broad SMARTS) is 1. The van der Waals surface area contributed by atoms with Crippen LogP contribution in [0.2, 0.25) is 0 Å². The van der Waals surface area contributed by atoms with Crippen molar-refractivity contribution in [3.63, 3.8) is 0 Å². The number of benzene rings is 1. The second-order valence-electron chi connectivity index (χ2n) is 7.83. The molecule has 4 N–H and O–H groups in total. The van der Waals surface area contributed by atoms with E-state index in [0.29, 0.717) is 10.6 Å². The molecule has 0 bridgehead atoms. The van der Waals surface area contributed by atoms with Crippen LogP contribution in [-0.4, -0.2) is 41.5 Å². The Morgan fingerprint density at radius 1 is 1.20 bits per heavy atom. The summed E-state index contributed by atoms with van der Waals surface area (Å²) in [5.74, 6) is -4.21. The Bertz CT molecular complexity index is 1520. The predicted molar refractivity (Wildman–Crippen MR) is 127 cm³/mol. The predicted octanol–water partition coefficient (Wildman–Crippen LogP) is 3.71. The summed E-state index contributed by atoms with van der Waals surface area (Å²) in [6, 6.07) is 6.23. The van der Waals surface area contributed by atoms with Crippen molar-refractivity contribution in [2.45, 2.75) is 24.7 Å². The monoisotopic (exact) mass is 499 g/mol. The van der Waals surface area contributed by atoms with Gasteiger partial charge < -0.3 is 15.9 Å². The van der Waals surface area contributed by atoms with Crippen LogP contribution in [0.3, 0.4) is 0 Å². The summed E-state index contributed by atoms with van der Waals surface area (Å²) in [5.41, 5.74) is 4.43. The van der Waals surface area contributed by atoms with Crippen LogP contribution in [0.1, 0.15) is 25.5 Å². The van der Waals surface area contributed by atoms with Crippen molar-refractivity contribution >= 4 is 34.5 Å². The maximum absolute atomic E-state index is 15.1. The highest BCUT2D eigenvalue weighted by molar-refractivity contribution is 8.00. The molecule has 0 aliphatic heterocycles. The minimum absolute atomic E-state index is 0.0788. The van der Waals surface area contributed by atoms with Gasteiger partial charge in [0.2, 0.25) is 5.88 Å². The van der Waals surface area contributed by atoms with Gasteiger partial charge in [0.1, 0.15) is 11.5 Å². The molecule has 0 saturated heterocycles. The van der Waals surface area contributed by atoms with Gasteiger partial charge in [0.05, 0.1) is 28.1 Å². The maximum atomic E-state index is 15.1. The summed E-state index contributed by atoms with van der Waals surface area (Å²) >= 11 is 0.940. The van der Waals surface area contributed by atoms with E-state index in [0.717, 1.165) is 28.5 Å². The third-order valence-electron chi connectivity index (χ3n) is 5.12. The molecule has 0 spiro atoms. The van der Waals surface area contributed by atoms with Crippen molar-refractivity contribution in [2.24, 2.45) is 0 Å². The molecule has 0 aliphatic rings. The Hall–Kier alpha value is -4.06. The zero-order valence-corrected chi connectivity index (χ0v) is 19.3. The molecular weight excluding hydrogens is 480 g/mol. The number of rotatable bonds is 6. The Balaban J connectivity index is 2.14. The number of anilines is 1. The van der Waals surface area contributed by atoms with E-state index in [9.17, 15) is 24.2 Å². The molecule has 0 saturated carbocycles. The van der Waals surface area contributed by atoms with E-state index in [1.807, 2.05) is 13.8 Å². The molecule has 1 aromatic carbocycles. The minimum atomic E-state index is -1.08. The van der Waals surface area contributed by atoms with Gasteiger partial charge in [-0.3, -0.25) is 9.78 Å². The lowest BCUT2D eigenvalue weighted by molar-refractivity contribution is -0.133. The number of fused-ring (bicyclic) bond motifs is 1. The van der Waals surface area contributed by atoms with Gasteiger partial charge in [0.15, 0.2) is 11.5 Å². The summed E-state index contributed by atoms with van der Waals surface area (Å²) < 4.78 is 30.7. The first kappa shape index (κ1) is 24.1. The number of aromatic hydroxyl groups is 1. The summed E-state index contributed by atoms with van der Waals surface area (Å²) in [7, 11) is 0. The van der Waals surface area contributed by atoms with Crippen LogP contribution in [0, 0.1) is 11.6 Å². The summed E-state index contributed by atoms with van der Waals surface area (Å²) in [6.45, 7) is 3.63. The highest BCUT2D eigenvalue weighted by atomic mass is 32.2. The topological polar surface area (TPSA) is 144 Å². The Morgan fingerprint density at radius 2 is 1.94 bits per heavy atom. The molecule has 3 aromatic heterocycles. The molecule has 12 heteroatoms. The van der Waals surface area contributed by atoms with Gasteiger partial charge >= 0.3 is 11.7 Å². The molecule has 4 rings (SSSR count). The first-order chi connectivity index (χ1) is 16.6. The number of nitrogen functional groups attached to an aromatic ring is 1. The number of halogens is 2. The maximum Gasteiger partial charge on any atom is 0.357 e. The van der Waals surface area contributed by atoms with E-state index in [2.05, 4.69) is 15.0 Å². The molecule has 0 aliphatic carbocycles. The zero-order valence-electron chi connectivity index (χ0n) is 18.5. The number of nitrogens with zero attached hydrogens (tertiary/aromatic N) is 4. The Morgan fingerprint density at radius 3 is 2.60 bits per heavy atom. The van der Waals surface area contributed by atoms with Gasteiger partial charge in [-0.15, -0.1) is 11.8 Å². The third-order valence-corrected chi connectivity index (χ3v) is 6.15. The number of aliphatic carboxylic acids is 1. The van der Waals surface area contributed by atoms with E-state index in [1.165, 1.54) is 24.4 Å². The fourth-order valence-corrected chi connectivity index (χ4v) is 4.40. The van der Waals surface area contributed by atoms with Gasteiger partial charge in [-0.25, -0.2) is 23.1 Å². The number of aromatic nitrogens is 4. The first-order valence-electron chi connectivity index (χ1n) is 10.3. The van der Waals surface area contributed by atoms with Crippen LogP contribution in [0.5, 0.6) is 5.88 Å². The lowest BCUT2D eigenvalue weighted by Gasteiger charge is -2.19. The Labute approximate surface area is 201 Å². The quantitative estimate of drug-likeness (QED) is 0.267. The molecule has 0 fully saturated rings. The highest BCUT2D eigenvalue weighted by Gasteiger charge is 2.24. The van der Waals surface area contributed by atoms with Crippen LogP contribution in [0.15, 0.2) is 46.2 Å². The molecule has 35 heavy (non-hydrogen) atoms. The zero-order chi connectivity index (χ0) is 25.4. The van der Waals surface area contributed by atoms with Gasteiger partial charge in [-0.1, -0.05) is 19.9 Å². The van der Waals surface area contributed by atoms with Gasteiger partial charge in [0, 0.05) is 16.8 Å². The molecule has 0 atom stereocenters. The SMILES string of the molecule is CC(C)c1nccc(SCC(=O)O)c1-n1c(=O)nc(O)c2cc(F)c(-c3c(N)cccc3F)nc21. The van der Waals surface area contributed by atoms with Crippen LogP contribution < -0.4 is 11.4 Å². The first-order valence-corrected chi connectivity index (χ1v) is 11.3. The fourth-order valence-electron chi connectivity index (χ4n) is 3.63. The van der Waals surface area contributed by atoms with Crippen molar-refractivity contribution in [1.29, 1.82) is 0 Å². The highest BCUT2D eigenvalue weighted by Crippen LogP contribution is 2.36. The standard InChI is InChI=1S/C23H19F2N5O4S/c1-10(2)18-20(15(6-7-27-18)35-9-16(31)32)30-21-11(22(33)29-23(30)34)8-13(25)19(28-21)17-12(24)4-3-5-14(17)26/h3-8,10H,9,26H2,1-2H3,(H,31,32)(H,29,33,34). The van der Waals surface area contributed by atoms with Crippen molar-refractivity contribution in [3.8, 4) is 22.8 Å². The van der Waals surface area contributed by atoms with E-state index in [-0.39, 0.29) is 39.6 Å². The van der Waals surface area contributed by atoms with Gasteiger partial charge in [-0.2, -0.15) is 4.98 Å². The van der Waals surface area contributed by atoms with Gasteiger partial charge in [-0.05, 0) is 30.2 Å². The smallest absolute Gasteiger partial charge is 0.357 e. The summed E-state index contributed by atoms with van der Waals surface area (Å²) in [6.07, 6.45) is 1.47.